The summed E-state index contributed by atoms with van der Waals surface area (Å²) in [5.74, 6) is 15.3. The molecule has 6 heterocycles. The second-order valence-electron chi connectivity index (χ2n) is 20.4. The van der Waals surface area contributed by atoms with E-state index in [0.29, 0.717) is 18.1 Å². The van der Waals surface area contributed by atoms with Gasteiger partial charge in [-0.3, -0.25) is 9.80 Å². The number of methoxy groups -OCH3 is 2. The molecule has 4 aromatic heterocycles. The molecule has 3 N–H and O–H groups in total. The maximum atomic E-state index is 6.40. The van der Waals surface area contributed by atoms with E-state index in [4.69, 9.17) is 42.6 Å². The van der Waals surface area contributed by atoms with Crippen molar-refractivity contribution in [3.63, 3.8) is 0 Å². The molecule has 0 aliphatic carbocycles. The average molecular weight is 1080 g/mol. The third-order valence-corrected chi connectivity index (χ3v) is 15.5. The summed E-state index contributed by atoms with van der Waals surface area (Å²) in [5.41, 5.74) is 14.4. The Labute approximate surface area is 473 Å². The molecule has 2 saturated heterocycles. The molecule has 0 atom stereocenters. The lowest BCUT2D eigenvalue weighted by Gasteiger charge is -2.23. The number of hydrogen-bond acceptors (Lipinski definition) is 8. The number of ether oxygens (including phenoxy) is 2. The van der Waals surface area contributed by atoms with Crippen molar-refractivity contribution in [2.45, 2.75) is 51.6 Å². The predicted molar refractivity (Wildman–Crippen MR) is 328 cm³/mol. The van der Waals surface area contributed by atoms with Gasteiger partial charge in [0, 0.05) is 109 Å². The summed E-state index contributed by atoms with van der Waals surface area (Å²) in [5, 5.41) is 12.9. The first-order chi connectivity index (χ1) is 38.7. The normalized spacial score (nSPS) is 13.8. The van der Waals surface area contributed by atoms with Crippen LogP contribution in [0.3, 0.4) is 0 Å². The van der Waals surface area contributed by atoms with E-state index in [-0.39, 0.29) is 0 Å². The zero-order chi connectivity index (χ0) is 54.1. The van der Waals surface area contributed by atoms with Crippen molar-refractivity contribution in [1.82, 2.24) is 29.3 Å². The molecular weight excluding hydrogens is 1020 g/mol. The van der Waals surface area contributed by atoms with Gasteiger partial charge >= 0.3 is 0 Å². The van der Waals surface area contributed by atoms with E-state index in [1.807, 2.05) is 85.1 Å². The molecular formula is C67H64Cl2N8O2. The number of benzene rings is 6. The summed E-state index contributed by atoms with van der Waals surface area (Å²) >= 11 is 12.7. The Bertz CT molecular complexity index is 3910. The van der Waals surface area contributed by atoms with Crippen LogP contribution in [0.4, 0.5) is 11.4 Å². The second kappa shape index (κ2) is 24.8. The number of H-pyrrole nitrogens is 1. The van der Waals surface area contributed by atoms with Crippen LogP contribution in [0.5, 0.6) is 11.5 Å². The minimum absolute atomic E-state index is 0.645. The Kier molecular flexibility index (Phi) is 16.7. The first kappa shape index (κ1) is 53.1. The lowest BCUT2D eigenvalue weighted by Crippen LogP contribution is -2.29. The molecule has 2 fully saturated rings. The Hall–Kier alpha value is -7.96. The van der Waals surface area contributed by atoms with Crippen LogP contribution in [0.25, 0.3) is 66.1 Å². The first-order valence-corrected chi connectivity index (χ1v) is 28.1. The van der Waals surface area contributed by atoms with Crippen molar-refractivity contribution in [2.75, 3.05) is 64.1 Å². The van der Waals surface area contributed by atoms with Gasteiger partial charge in [-0.05, 0) is 196 Å². The highest BCUT2D eigenvalue weighted by molar-refractivity contribution is 6.32. The van der Waals surface area contributed by atoms with Crippen molar-refractivity contribution >= 4 is 78.2 Å². The lowest BCUT2D eigenvalue weighted by molar-refractivity contribution is 0.255. The molecule has 79 heavy (non-hydrogen) atoms. The monoisotopic (exact) mass is 1080 g/mol. The zero-order valence-electron chi connectivity index (χ0n) is 45.1. The fraction of sp³-hybridized carbons (Fsp3) is 0.254. The Morgan fingerprint density at radius 2 is 1.03 bits per heavy atom. The van der Waals surface area contributed by atoms with Gasteiger partial charge in [0.05, 0.1) is 49.7 Å². The summed E-state index contributed by atoms with van der Waals surface area (Å²) in [6.07, 6.45) is 11.9. The highest BCUT2D eigenvalue weighted by Crippen LogP contribution is 2.36. The smallest absolute Gasteiger partial charge is 0.119 e. The number of piperidine rings is 2. The number of fused-ring (bicyclic) bond motifs is 4. The molecule has 6 aromatic carbocycles. The topological polar surface area (TPSA) is 95.5 Å². The van der Waals surface area contributed by atoms with E-state index in [1.165, 1.54) is 38.5 Å². The number of aromatic nitrogens is 4. The number of aromatic amines is 1. The van der Waals surface area contributed by atoms with Crippen LogP contribution in [-0.2, 0) is 20.1 Å². The number of nitrogens with one attached hydrogen (secondary N) is 3. The largest absolute Gasteiger partial charge is 0.497 e. The second-order valence-corrected chi connectivity index (χ2v) is 21.3. The van der Waals surface area contributed by atoms with Crippen LogP contribution in [0.1, 0.15) is 60.8 Å². The fourth-order valence-corrected chi connectivity index (χ4v) is 11.1. The van der Waals surface area contributed by atoms with Gasteiger partial charge in [0.2, 0.25) is 0 Å². The number of rotatable bonds is 12. The van der Waals surface area contributed by atoms with Gasteiger partial charge in [0.15, 0.2) is 0 Å². The molecule has 398 valence electrons. The Morgan fingerprint density at radius 3 is 1.54 bits per heavy atom. The minimum atomic E-state index is 0.645. The van der Waals surface area contributed by atoms with Gasteiger partial charge in [-0.15, -0.1) is 0 Å². The molecule has 2 aliphatic rings. The van der Waals surface area contributed by atoms with E-state index < -0.39 is 0 Å². The number of halogens is 2. The molecule has 12 rings (SSSR count). The molecule has 12 heteroatoms. The maximum absolute atomic E-state index is 6.40. The van der Waals surface area contributed by atoms with Crippen molar-refractivity contribution in [2.24, 2.45) is 7.05 Å². The molecule has 0 spiro atoms. The van der Waals surface area contributed by atoms with E-state index in [2.05, 4.69) is 122 Å². The van der Waals surface area contributed by atoms with Crippen molar-refractivity contribution in [1.29, 1.82) is 0 Å². The van der Waals surface area contributed by atoms with Crippen LogP contribution in [-0.4, -0.2) is 82.8 Å². The fourth-order valence-electron chi connectivity index (χ4n) is 10.7. The van der Waals surface area contributed by atoms with E-state index in [9.17, 15) is 0 Å². The average Bonchev–Trinajstić information content (AvgIpc) is 4.18. The van der Waals surface area contributed by atoms with Crippen molar-refractivity contribution < 1.29 is 9.47 Å². The Morgan fingerprint density at radius 1 is 0.532 bits per heavy atom. The summed E-state index contributed by atoms with van der Waals surface area (Å²) in [6.45, 7) is 7.55. The third kappa shape index (κ3) is 12.8. The highest BCUT2D eigenvalue weighted by atomic mass is 35.5. The number of nitrogens with zero attached hydrogens (tertiary/aromatic N) is 5. The molecule has 10 nitrogen and oxygen atoms in total. The van der Waals surface area contributed by atoms with Gasteiger partial charge in [0.25, 0.3) is 0 Å². The molecule has 2 aliphatic heterocycles. The molecule has 0 amide bonds. The summed E-state index contributed by atoms with van der Waals surface area (Å²) in [7, 11) is 5.42. The zero-order valence-corrected chi connectivity index (χ0v) is 46.6. The quantitative estimate of drug-likeness (QED) is 0.104. The minimum Gasteiger partial charge on any atom is -0.497 e. The standard InChI is InChI=1S/C34H33ClN4O.C33H31ClN4O/c1-38-23-31(30-21-26(35)9-15-34(30)38)33-20-25(22-36-27-10-12-28(40-2)13-11-27)29-19-24(8-14-32(29)37-33)7-6-18-39-16-4-3-5-17-39;1-39-27-11-9-26(10-12-27)35-21-24-19-33(30-22-36-31-14-8-25(34)20-29(30)31)37-32-13-7-23(18-28(24)32)6-5-17-38-15-3-2-4-16-38/h8-15,19-21,23,36H,3-5,16-18,22H2,1-2H3;7-14,18-20,22,35-36H,2-4,15-17,21H2,1H3. The van der Waals surface area contributed by atoms with E-state index in [1.54, 1.807) is 14.2 Å². The van der Waals surface area contributed by atoms with Crippen molar-refractivity contribution in [3.8, 4) is 57.7 Å². The maximum Gasteiger partial charge on any atom is 0.119 e. The van der Waals surface area contributed by atoms with Gasteiger partial charge in [-0.2, -0.15) is 0 Å². The van der Waals surface area contributed by atoms with Crippen LogP contribution in [0.2, 0.25) is 10.0 Å². The van der Waals surface area contributed by atoms with Crippen molar-refractivity contribution in [3.05, 3.63) is 178 Å². The van der Waals surface area contributed by atoms with Gasteiger partial charge in [-0.25, -0.2) is 9.97 Å². The predicted octanol–water partition coefficient (Wildman–Crippen LogP) is 15.0. The molecule has 10 aromatic rings. The number of pyridine rings is 2. The van der Waals surface area contributed by atoms with Gasteiger partial charge in [-0.1, -0.05) is 59.7 Å². The summed E-state index contributed by atoms with van der Waals surface area (Å²) in [6, 6.07) is 45.0. The van der Waals surface area contributed by atoms with E-state index >= 15 is 0 Å². The number of aryl methyl sites for hydroxylation is 1. The highest BCUT2D eigenvalue weighted by Gasteiger charge is 2.17. The molecule has 0 unspecified atom stereocenters. The van der Waals surface area contributed by atoms with Crippen LogP contribution in [0.15, 0.2) is 146 Å². The van der Waals surface area contributed by atoms with Gasteiger partial charge < -0.3 is 29.7 Å². The summed E-state index contributed by atoms with van der Waals surface area (Å²) in [4.78, 5) is 18.4. The molecule has 0 radical (unpaired) electrons. The lowest BCUT2D eigenvalue weighted by atomic mass is 10.0. The number of anilines is 2. The third-order valence-electron chi connectivity index (χ3n) is 15.1. The van der Waals surface area contributed by atoms with Crippen LogP contribution < -0.4 is 20.1 Å². The van der Waals surface area contributed by atoms with E-state index in [0.717, 1.165) is 156 Å². The van der Waals surface area contributed by atoms with Crippen LogP contribution in [0, 0.1) is 23.7 Å². The molecule has 0 bridgehead atoms. The Balaban J connectivity index is 0.000000167. The number of hydrogen-bond donors (Lipinski definition) is 3. The molecule has 0 saturated carbocycles. The van der Waals surface area contributed by atoms with Gasteiger partial charge in [0.1, 0.15) is 11.5 Å². The number of likely N-dealkylation sites (tertiary alicyclic amines) is 2. The van der Waals surface area contributed by atoms with Crippen LogP contribution >= 0.6 is 23.2 Å². The summed E-state index contributed by atoms with van der Waals surface area (Å²) < 4.78 is 12.8. The first-order valence-electron chi connectivity index (χ1n) is 27.3. The SMILES string of the molecule is COc1ccc(NCc2cc(-c3c[nH]c4ccc(Cl)cc34)nc3ccc(C#CCN4CCCCC4)cc23)cc1.COc1ccc(NCc2cc(-c3cn(C)c4ccc(Cl)cc34)nc3ccc(C#CCN4CCCCC4)cc23)cc1.